The highest BCUT2D eigenvalue weighted by Gasteiger charge is 2.40. The maximum absolute atomic E-state index is 12.3. The van der Waals surface area contributed by atoms with Crippen LogP contribution in [0, 0.1) is 27.4 Å². The number of nitro groups is 1. The zero-order valence-electron chi connectivity index (χ0n) is 11.9. The fraction of sp³-hybridized carbons (Fsp3) is 0.833. The Bertz CT molecular complexity index is 344. The average Bonchev–Trinajstić information content (AvgIpc) is 2.14. The summed E-state index contributed by atoms with van der Waals surface area (Å²) in [5.74, 6) is -2.19. The molecule has 0 fully saturated rings. The van der Waals surface area contributed by atoms with Crippen molar-refractivity contribution < 1.29 is 14.5 Å². The summed E-state index contributed by atoms with van der Waals surface area (Å²) >= 11 is 0. The van der Waals surface area contributed by atoms with Crippen LogP contribution >= 0.6 is 0 Å². The van der Waals surface area contributed by atoms with E-state index in [1.54, 1.807) is 41.8 Å². The number of carbonyl (C=O) groups is 2. The molecule has 6 heteroatoms. The maximum Gasteiger partial charge on any atom is 0.233 e. The first-order chi connectivity index (χ1) is 7.98. The second kappa shape index (κ2) is 5.93. The highest BCUT2D eigenvalue weighted by atomic mass is 16.6. The minimum atomic E-state index is -0.953. The van der Waals surface area contributed by atoms with Crippen LogP contribution in [0.2, 0.25) is 0 Å². The molecule has 104 valence electrons. The number of hydrogen-bond donors (Lipinski definition) is 0. The number of nitrogens with zero attached hydrogens (tertiary/aromatic N) is 2. The molecule has 0 heterocycles. The second-order valence-corrected chi connectivity index (χ2v) is 5.82. The lowest BCUT2D eigenvalue weighted by Gasteiger charge is -2.28. The van der Waals surface area contributed by atoms with Gasteiger partial charge in [-0.15, -0.1) is 0 Å². The molecule has 6 nitrogen and oxygen atoms in total. The largest absolute Gasteiger partial charge is 0.348 e. The van der Waals surface area contributed by atoms with Crippen LogP contribution in [-0.2, 0) is 9.59 Å². The van der Waals surface area contributed by atoms with Gasteiger partial charge in [-0.3, -0.25) is 19.7 Å². The SMILES string of the molecule is C[C@@H](C[N+](=O)[O-])[C@H](C(=O)N(C)C)C(=O)C(C)(C)C. The maximum atomic E-state index is 12.3. The highest BCUT2D eigenvalue weighted by molar-refractivity contribution is 6.03. The summed E-state index contributed by atoms with van der Waals surface area (Å²) in [5.41, 5.74) is -0.693. The molecule has 18 heavy (non-hydrogen) atoms. The van der Waals surface area contributed by atoms with Gasteiger partial charge in [-0.05, 0) is 0 Å². The number of Topliss-reactive ketones (excluding diaryl/α,β-unsaturated/α-hetero) is 1. The molecule has 0 aliphatic heterocycles. The van der Waals surface area contributed by atoms with Gasteiger partial charge in [0.2, 0.25) is 12.5 Å². The van der Waals surface area contributed by atoms with Crippen molar-refractivity contribution in [2.45, 2.75) is 27.7 Å². The van der Waals surface area contributed by atoms with E-state index >= 15 is 0 Å². The van der Waals surface area contributed by atoms with Gasteiger partial charge < -0.3 is 4.90 Å². The molecular formula is C12H22N2O4. The molecule has 0 radical (unpaired) electrons. The number of rotatable bonds is 5. The lowest BCUT2D eigenvalue weighted by molar-refractivity contribution is -0.488. The first-order valence-corrected chi connectivity index (χ1v) is 5.85. The normalized spacial score (nSPS) is 14.8. The summed E-state index contributed by atoms with van der Waals surface area (Å²) in [6.45, 7) is 6.32. The first kappa shape index (κ1) is 16.5. The summed E-state index contributed by atoms with van der Waals surface area (Å²) < 4.78 is 0. The van der Waals surface area contributed by atoms with Crippen molar-refractivity contribution in [3.05, 3.63) is 10.1 Å². The van der Waals surface area contributed by atoms with E-state index < -0.39 is 22.2 Å². The van der Waals surface area contributed by atoms with E-state index in [9.17, 15) is 19.7 Å². The van der Waals surface area contributed by atoms with Crippen LogP contribution in [0.4, 0.5) is 0 Å². The zero-order chi connectivity index (χ0) is 14.7. The molecule has 0 N–H and O–H groups in total. The Kier molecular flexibility index (Phi) is 5.45. The quantitative estimate of drug-likeness (QED) is 0.422. The predicted octanol–water partition coefficient (Wildman–Crippen LogP) is 1.22. The van der Waals surface area contributed by atoms with Crippen molar-refractivity contribution >= 4 is 11.7 Å². The third-order valence-electron chi connectivity index (χ3n) is 2.73. The van der Waals surface area contributed by atoms with E-state index in [-0.39, 0.29) is 18.2 Å². The Morgan fingerprint density at radius 2 is 1.72 bits per heavy atom. The van der Waals surface area contributed by atoms with Gasteiger partial charge in [0.15, 0.2) is 5.78 Å². The van der Waals surface area contributed by atoms with Crippen LogP contribution in [0.15, 0.2) is 0 Å². The molecule has 0 aromatic heterocycles. The van der Waals surface area contributed by atoms with E-state index in [2.05, 4.69) is 0 Å². The average molecular weight is 258 g/mol. The molecule has 0 aliphatic rings. The fourth-order valence-electron chi connectivity index (χ4n) is 1.70. The Morgan fingerprint density at radius 3 is 2.00 bits per heavy atom. The van der Waals surface area contributed by atoms with Crippen molar-refractivity contribution in [2.75, 3.05) is 20.6 Å². The van der Waals surface area contributed by atoms with Gasteiger partial charge in [-0.2, -0.15) is 0 Å². The van der Waals surface area contributed by atoms with Crippen molar-refractivity contribution in [3.8, 4) is 0 Å². The highest BCUT2D eigenvalue weighted by Crippen LogP contribution is 2.26. The Hall–Kier alpha value is -1.46. The van der Waals surface area contributed by atoms with Gasteiger partial charge in [-0.1, -0.05) is 27.7 Å². The second-order valence-electron chi connectivity index (χ2n) is 5.82. The van der Waals surface area contributed by atoms with Crippen molar-refractivity contribution in [3.63, 3.8) is 0 Å². The topological polar surface area (TPSA) is 80.5 Å². The van der Waals surface area contributed by atoms with Crippen LogP contribution in [0.1, 0.15) is 27.7 Å². The smallest absolute Gasteiger partial charge is 0.233 e. The molecule has 1 amide bonds. The monoisotopic (exact) mass is 258 g/mol. The molecule has 2 atom stereocenters. The Balaban J connectivity index is 5.25. The van der Waals surface area contributed by atoms with Crippen LogP contribution < -0.4 is 0 Å². The molecule has 0 rings (SSSR count). The molecule has 0 spiro atoms. The number of amides is 1. The van der Waals surface area contributed by atoms with E-state index in [0.29, 0.717) is 0 Å². The van der Waals surface area contributed by atoms with Gasteiger partial charge in [-0.25, -0.2) is 0 Å². The third kappa shape index (κ3) is 4.43. The first-order valence-electron chi connectivity index (χ1n) is 5.85. The lowest BCUT2D eigenvalue weighted by atomic mass is 9.77. The molecule has 0 saturated heterocycles. The van der Waals surface area contributed by atoms with Gasteiger partial charge in [0, 0.05) is 30.4 Å². The Labute approximate surface area is 107 Å². The number of carbonyl (C=O) groups excluding carboxylic acids is 2. The van der Waals surface area contributed by atoms with Crippen molar-refractivity contribution in [1.82, 2.24) is 4.90 Å². The van der Waals surface area contributed by atoms with E-state index in [0.717, 1.165) is 0 Å². The summed E-state index contributed by atoms with van der Waals surface area (Å²) in [7, 11) is 3.09. The van der Waals surface area contributed by atoms with Crippen molar-refractivity contribution in [2.24, 2.45) is 17.3 Å². The van der Waals surface area contributed by atoms with Crippen LogP contribution in [0.5, 0.6) is 0 Å². The third-order valence-corrected chi connectivity index (χ3v) is 2.73. The minimum absolute atomic E-state index is 0.254. The van der Waals surface area contributed by atoms with Gasteiger partial charge >= 0.3 is 0 Å². The minimum Gasteiger partial charge on any atom is -0.348 e. The molecule has 0 unspecified atom stereocenters. The summed E-state index contributed by atoms with van der Waals surface area (Å²) in [4.78, 5) is 35.7. The summed E-state index contributed by atoms with van der Waals surface area (Å²) in [5, 5.41) is 10.5. The molecule has 0 aliphatic carbocycles. The molecular weight excluding hydrogens is 236 g/mol. The van der Waals surface area contributed by atoms with Crippen LogP contribution in [0.3, 0.4) is 0 Å². The van der Waals surface area contributed by atoms with Gasteiger partial charge in [0.25, 0.3) is 0 Å². The molecule has 0 aromatic rings. The molecule has 0 bridgehead atoms. The van der Waals surface area contributed by atoms with Gasteiger partial charge in [0.05, 0.1) is 0 Å². The summed E-state index contributed by atoms with van der Waals surface area (Å²) in [6, 6.07) is 0. The van der Waals surface area contributed by atoms with E-state index in [1.165, 1.54) is 4.90 Å². The Morgan fingerprint density at radius 1 is 1.28 bits per heavy atom. The van der Waals surface area contributed by atoms with Crippen LogP contribution in [0.25, 0.3) is 0 Å². The van der Waals surface area contributed by atoms with Gasteiger partial charge in [0.1, 0.15) is 5.92 Å². The molecule has 0 aromatic carbocycles. The lowest BCUT2D eigenvalue weighted by Crippen LogP contribution is -2.44. The zero-order valence-corrected chi connectivity index (χ0v) is 11.9. The fourth-order valence-corrected chi connectivity index (χ4v) is 1.70. The standard InChI is InChI=1S/C12H22N2O4/c1-8(7-14(17)18)9(11(16)13(5)6)10(15)12(2,3)4/h8-9H,7H2,1-6H3/t8-,9-/m0/s1. The summed E-state index contributed by atoms with van der Waals surface area (Å²) in [6.07, 6.45) is 0. The van der Waals surface area contributed by atoms with Crippen molar-refractivity contribution in [1.29, 1.82) is 0 Å². The number of hydrogen-bond acceptors (Lipinski definition) is 4. The molecule has 0 saturated carbocycles. The van der Waals surface area contributed by atoms with E-state index in [1.807, 2.05) is 0 Å². The predicted molar refractivity (Wildman–Crippen MR) is 67.7 cm³/mol. The van der Waals surface area contributed by atoms with E-state index in [4.69, 9.17) is 0 Å². The number of ketones is 1. The van der Waals surface area contributed by atoms with Crippen LogP contribution in [-0.4, -0.2) is 42.2 Å².